The van der Waals surface area contributed by atoms with Gasteiger partial charge in [0.1, 0.15) is 0 Å². The van der Waals surface area contributed by atoms with Crippen LogP contribution in [0, 0.1) is 17.0 Å². The largest absolute Gasteiger partial charge is 0.382 e. The molecule has 4 heteroatoms. The molecule has 1 N–H and O–H groups in total. The lowest BCUT2D eigenvalue weighted by Gasteiger charge is -2.15. The zero-order valence-electron chi connectivity index (χ0n) is 11.4. The molecule has 1 atom stereocenters. The van der Waals surface area contributed by atoms with E-state index in [2.05, 4.69) is 19.2 Å². The molecule has 0 aliphatic rings. The Morgan fingerprint density at radius 2 is 2.06 bits per heavy atom. The number of nitro groups is 1. The number of benzene rings is 1. The molecular formula is C14H22N2O2. The van der Waals surface area contributed by atoms with Gasteiger partial charge < -0.3 is 5.32 Å². The second-order valence-corrected chi connectivity index (χ2v) is 4.86. The van der Waals surface area contributed by atoms with Crippen LogP contribution in [-0.2, 0) is 0 Å². The van der Waals surface area contributed by atoms with Gasteiger partial charge in [0, 0.05) is 23.9 Å². The van der Waals surface area contributed by atoms with Crippen LogP contribution in [0.5, 0.6) is 0 Å². The maximum Gasteiger partial charge on any atom is 0.271 e. The summed E-state index contributed by atoms with van der Waals surface area (Å²) in [4.78, 5) is 10.4. The molecule has 0 amide bonds. The van der Waals surface area contributed by atoms with Crippen LogP contribution in [0.25, 0.3) is 0 Å². The molecule has 1 aromatic rings. The summed E-state index contributed by atoms with van der Waals surface area (Å²) in [5.74, 6) is 0. The zero-order chi connectivity index (χ0) is 13.5. The second-order valence-electron chi connectivity index (χ2n) is 4.86. The van der Waals surface area contributed by atoms with Crippen molar-refractivity contribution in [3.63, 3.8) is 0 Å². The highest BCUT2D eigenvalue weighted by molar-refractivity contribution is 5.54. The van der Waals surface area contributed by atoms with E-state index in [0.29, 0.717) is 6.04 Å². The number of anilines is 1. The van der Waals surface area contributed by atoms with E-state index in [1.165, 1.54) is 19.3 Å². The summed E-state index contributed by atoms with van der Waals surface area (Å²) in [7, 11) is 0. The van der Waals surface area contributed by atoms with Gasteiger partial charge in [-0.15, -0.1) is 0 Å². The van der Waals surface area contributed by atoms with Gasteiger partial charge in [-0.05, 0) is 31.9 Å². The summed E-state index contributed by atoms with van der Waals surface area (Å²) in [5, 5.41) is 14.1. The van der Waals surface area contributed by atoms with Gasteiger partial charge in [-0.3, -0.25) is 10.1 Å². The van der Waals surface area contributed by atoms with Crippen LogP contribution < -0.4 is 5.32 Å². The molecule has 0 fully saturated rings. The van der Waals surface area contributed by atoms with Crippen LogP contribution in [0.1, 0.15) is 45.1 Å². The lowest BCUT2D eigenvalue weighted by atomic mass is 10.1. The van der Waals surface area contributed by atoms with Crippen LogP contribution in [-0.4, -0.2) is 11.0 Å². The smallest absolute Gasteiger partial charge is 0.271 e. The monoisotopic (exact) mass is 250 g/mol. The summed E-state index contributed by atoms with van der Waals surface area (Å²) in [6, 6.07) is 5.48. The van der Waals surface area contributed by atoms with Crippen LogP contribution in [0.15, 0.2) is 18.2 Å². The first-order valence-corrected chi connectivity index (χ1v) is 6.55. The van der Waals surface area contributed by atoms with E-state index in [9.17, 15) is 10.1 Å². The molecule has 4 nitrogen and oxygen atoms in total. The molecule has 0 heterocycles. The Hall–Kier alpha value is -1.58. The molecule has 0 radical (unpaired) electrons. The van der Waals surface area contributed by atoms with Crippen LogP contribution in [0.3, 0.4) is 0 Å². The van der Waals surface area contributed by atoms with Crippen molar-refractivity contribution in [3.8, 4) is 0 Å². The van der Waals surface area contributed by atoms with Crippen molar-refractivity contribution >= 4 is 11.4 Å². The third kappa shape index (κ3) is 4.73. The number of hydrogen-bond donors (Lipinski definition) is 1. The van der Waals surface area contributed by atoms with E-state index in [1.807, 2.05) is 13.0 Å². The number of non-ortho nitro benzene ring substituents is 1. The first-order chi connectivity index (χ1) is 8.52. The van der Waals surface area contributed by atoms with Crippen molar-refractivity contribution < 1.29 is 4.92 Å². The molecule has 1 unspecified atom stereocenters. The predicted octanol–water partition coefficient (Wildman–Crippen LogP) is 4.28. The maximum atomic E-state index is 10.8. The molecule has 0 saturated carbocycles. The van der Waals surface area contributed by atoms with Gasteiger partial charge in [-0.25, -0.2) is 0 Å². The molecule has 0 aliphatic carbocycles. The Kier molecular flexibility index (Phi) is 5.62. The van der Waals surface area contributed by atoms with Gasteiger partial charge in [0.2, 0.25) is 0 Å². The third-order valence-electron chi connectivity index (χ3n) is 2.93. The predicted molar refractivity (Wildman–Crippen MR) is 75.1 cm³/mol. The fourth-order valence-electron chi connectivity index (χ4n) is 2.01. The van der Waals surface area contributed by atoms with Crippen molar-refractivity contribution in [2.75, 3.05) is 5.32 Å². The van der Waals surface area contributed by atoms with E-state index in [1.54, 1.807) is 12.1 Å². The SMILES string of the molecule is CCCCCC(C)Nc1cc(C)cc([N+](=O)[O-])c1. The Morgan fingerprint density at radius 3 is 2.67 bits per heavy atom. The number of aryl methyl sites for hydroxylation is 1. The van der Waals surface area contributed by atoms with Gasteiger partial charge in [0.15, 0.2) is 0 Å². The average molecular weight is 250 g/mol. The minimum Gasteiger partial charge on any atom is -0.382 e. The van der Waals surface area contributed by atoms with Gasteiger partial charge >= 0.3 is 0 Å². The second kappa shape index (κ2) is 6.99. The van der Waals surface area contributed by atoms with E-state index < -0.39 is 0 Å². The topological polar surface area (TPSA) is 55.2 Å². The summed E-state index contributed by atoms with van der Waals surface area (Å²) < 4.78 is 0. The van der Waals surface area contributed by atoms with Crippen molar-refractivity contribution in [1.29, 1.82) is 0 Å². The maximum absolute atomic E-state index is 10.8. The number of rotatable bonds is 7. The quantitative estimate of drug-likeness (QED) is 0.446. The molecule has 1 aromatic carbocycles. The lowest BCUT2D eigenvalue weighted by Crippen LogP contribution is -2.15. The van der Waals surface area contributed by atoms with Crippen molar-refractivity contribution in [3.05, 3.63) is 33.9 Å². The number of nitrogens with zero attached hydrogens (tertiary/aromatic N) is 1. The normalized spacial score (nSPS) is 12.2. The third-order valence-corrected chi connectivity index (χ3v) is 2.93. The van der Waals surface area contributed by atoms with E-state index in [4.69, 9.17) is 0 Å². The molecule has 0 spiro atoms. The van der Waals surface area contributed by atoms with Gasteiger partial charge in [-0.1, -0.05) is 26.2 Å². The number of nitrogens with one attached hydrogen (secondary N) is 1. The zero-order valence-corrected chi connectivity index (χ0v) is 11.4. The van der Waals surface area contributed by atoms with Crippen molar-refractivity contribution in [1.82, 2.24) is 0 Å². The summed E-state index contributed by atoms with van der Waals surface area (Å²) in [6.45, 7) is 6.17. The van der Waals surface area contributed by atoms with E-state index in [0.717, 1.165) is 17.7 Å². The van der Waals surface area contributed by atoms with Crippen LogP contribution in [0.2, 0.25) is 0 Å². The average Bonchev–Trinajstić information content (AvgIpc) is 2.28. The highest BCUT2D eigenvalue weighted by atomic mass is 16.6. The standard InChI is InChI=1S/C14H22N2O2/c1-4-5-6-7-12(3)15-13-8-11(2)9-14(10-13)16(17)18/h8-10,12,15H,4-7H2,1-3H3. The fourth-order valence-corrected chi connectivity index (χ4v) is 2.01. The highest BCUT2D eigenvalue weighted by Gasteiger charge is 2.09. The fraction of sp³-hybridized carbons (Fsp3) is 0.571. The molecule has 1 rings (SSSR count). The minimum atomic E-state index is -0.347. The van der Waals surface area contributed by atoms with Gasteiger partial charge in [0.05, 0.1) is 4.92 Å². The van der Waals surface area contributed by atoms with Crippen molar-refractivity contribution in [2.45, 2.75) is 52.5 Å². The molecule has 0 aromatic heterocycles. The summed E-state index contributed by atoms with van der Waals surface area (Å²) >= 11 is 0. The molecule has 18 heavy (non-hydrogen) atoms. The van der Waals surface area contributed by atoms with E-state index in [-0.39, 0.29) is 10.6 Å². The Bertz CT molecular complexity index is 405. The van der Waals surface area contributed by atoms with E-state index >= 15 is 0 Å². The first-order valence-electron chi connectivity index (χ1n) is 6.55. The first kappa shape index (κ1) is 14.5. The number of unbranched alkanes of at least 4 members (excludes halogenated alkanes) is 2. The van der Waals surface area contributed by atoms with Crippen LogP contribution in [0.4, 0.5) is 11.4 Å². The number of hydrogen-bond acceptors (Lipinski definition) is 3. The number of nitro benzene ring substituents is 1. The Balaban J connectivity index is 2.63. The molecular weight excluding hydrogens is 228 g/mol. The molecule has 0 aliphatic heterocycles. The Labute approximate surface area is 109 Å². The molecule has 0 saturated heterocycles. The summed E-state index contributed by atoms with van der Waals surface area (Å²) in [5.41, 5.74) is 1.90. The van der Waals surface area contributed by atoms with Gasteiger partial charge in [0.25, 0.3) is 5.69 Å². The van der Waals surface area contributed by atoms with Crippen LogP contribution >= 0.6 is 0 Å². The Morgan fingerprint density at radius 1 is 1.33 bits per heavy atom. The summed E-state index contributed by atoms with van der Waals surface area (Å²) in [6.07, 6.45) is 4.73. The molecule has 100 valence electrons. The lowest BCUT2D eigenvalue weighted by molar-refractivity contribution is -0.384. The van der Waals surface area contributed by atoms with Gasteiger partial charge in [-0.2, -0.15) is 0 Å². The minimum absolute atomic E-state index is 0.151. The molecule has 0 bridgehead atoms. The highest BCUT2D eigenvalue weighted by Crippen LogP contribution is 2.21. The van der Waals surface area contributed by atoms with Crippen molar-refractivity contribution in [2.24, 2.45) is 0 Å².